The van der Waals surface area contributed by atoms with Crippen molar-refractivity contribution in [1.82, 2.24) is 9.55 Å². The van der Waals surface area contributed by atoms with Crippen LogP contribution in [0.1, 0.15) is 27.9 Å². The highest BCUT2D eigenvalue weighted by Crippen LogP contribution is 2.21. The van der Waals surface area contributed by atoms with Crippen LogP contribution in [0.4, 0.5) is 0 Å². The number of rotatable bonds is 4. The van der Waals surface area contributed by atoms with Crippen molar-refractivity contribution < 1.29 is 9.90 Å². The Morgan fingerprint density at radius 3 is 2.79 bits per heavy atom. The van der Waals surface area contributed by atoms with Crippen LogP contribution < -0.4 is 5.56 Å². The largest absolute Gasteiger partial charge is 0.478 e. The summed E-state index contributed by atoms with van der Waals surface area (Å²) in [5.41, 5.74) is 1.36. The molecule has 24 heavy (non-hydrogen) atoms. The number of carboxylic acids is 1. The molecule has 3 rings (SSSR count). The van der Waals surface area contributed by atoms with Crippen molar-refractivity contribution in [3.05, 3.63) is 60.6 Å². The van der Waals surface area contributed by atoms with E-state index in [1.54, 1.807) is 28.0 Å². The lowest BCUT2D eigenvalue weighted by Crippen LogP contribution is -2.23. The Labute approximate surface area is 150 Å². The van der Waals surface area contributed by atoms with Crippen LogP contribution in [0, 0.1) is 0 Å². The van der Waals surface area contributed by atoms with Crippen LogP contribution in [-0.2, 0) is 6.54 Å². The fourth-order valence-electron chi connectivity index (χ4n) is 2.40. The lowest BCUT2D eigenvalue weighted by atomic mass is 10.2. The third-order valence-corrected chi connectivity index (χ3v) is 5.19. The highest BCUT2D eigenvalue weighted by molar-refractivity contribution is 9.10. The lowest BCUT2D eigenvalue weighted by Gasteiger charge is -2.09. The minimum atomic E-state index is -1.02. The second-order valence-corrected chi connectivity index (χ2v) is 6.91. The van der Waals surface area contributed by atoms with Crippen LogP contribution in [0.15, 0.2) is 38.9 Å². The van der Waals surface area contributed by atoms with Gasteiger partial charge in [0.2, 0.25) is 0 Å². The van der Waals surface area contributed by atoms with Crippen molar-refractivity contribution in [2.75, 3.05) is 0 Å². The average Bonchev–Trinajstić information content (AvgIpc) is 2.98. The average molecular weight is 405 g/mol. The molecule has 0 saturated heterocycles. The zero-order chi connectivity index (χ0) is 17.3. The summed E-state index contributed by atoms with van der Waals surface area (Å²) >= 11 is 4.94. The third-order valence-electron chi connectivity index (χ3n) is 3.53. The number of halogens is 1. The van der Waals surface area contributed by atoms with E-state index in [-0.39, 0.29) is 16.8 Å². The Kier molecular flexibility index (Phi) is 4.64. The lowest BCUT2D eigenvalue weighted by molar-refractivity contribution is 0.0697. The van der Waals surface area contributed by atoms with Crippen LogP contribution >= 0.6 is 27.3 Å². The number of carbonyl (C=O) groups is 1. The van der Waals surface area contributed by atoms with Crippen LogP contribution in [-0.4, -0.2) is 20.6 Å². The van der Waals surface area contributed by atoms with Crippen molar-refractivity contribution in [3.63, 3.8) is 0 Å². The molecule has 0 bridgehead atoms. The molecule has 0 spiro atoms. The molecule has 0 fully saturated rings. The van der Waals surface area contributed by atoms with Gasteiger partial charge in [0, 0.05) is 21.3 Å². The minimum absolute atomic E-state index is 0.147. The maximum atomic E-state index is 12.6. The van der Waals surface area contributed by atoms with E-state index in [2.05, 4.69) is 20.9 Å². The molecule has 1 aromatic carbocycles. The molecule has 5 nitrogen and oxygen atoms in total. The molecule has 0 aliphatic rings. The smallest absolute Gasteiger partial charge is 0.335 e. The number of hydrogen-bond acceptors (Lipinski definition) is 4. The zero-order valence-electron chi connectivity index (χ0n) is 12.7. The van der Waals surface area contributed by atoms with Crippen LogP contribution in [0.2, 0.25) is 0 Å². The summed E-state index contributed by atoms with van der Waals surface area (Å²) in [7, 11) is 0. The summed E-state index contributed by atoms with van der Waals surface area (Å²) < 4.78 is 2.58. The molecule has 0 aliphatic heterocycles. The van der Waals surface area contributed by atoms with E-state index in [0.717, 1.165) is 9.35 Å². The highest BCUT2D eigenvalue weighted by Gasteiger charge is 2.11. The van der Waals surface area contributed by atoms with Gasteiger partial charge in [0.15, 0.2) is 0 Å². The highest BCUT2D eigenvalue weighted by atomic mass is 79.9. The van der Waals surface area contributed by atoms with Crippen LogP contribution in [0.5, 0.6) is 0 Å². The molecule has 2 aromatic heterocycles. The van der Waals surface area contributed by atoms with E-state index < -0.39 is 5.97 Å². The second kappa shape index (κ2) is 6.70. The number of thiophene rings is 1. The number of aromatic carboxylic acids is 1. The molecule has 7 heteroatoms. The molecular weight excluding hydrogens is 392 g/mol. The zero-order valence-corrected chi connectivity index (χ0v) is 15.1. The molecule has 122 valence electrons. The quantitative estimate of drug-likeness (QED) is 0.709. The fraction of sp³-hybridized carbons (Fsp3) is 0.118. The fourth-order valence-corrected chi connectivity index (χ4v) is 3.74. The van der Waals surface area contributed by atoms with Crippen LogP contribution in [0.3, 0.4) is 0 Å². The van der Waals surface area contributed by atoms with Gasteiger partial charge in [-0.15, -0.1) is 11.3 Å². The first-order valence-electron chi connectivity index (χ1n) is 7.19. The van der Waals surface area contributed by atoms with Gasteiger partial charge >= 0.3 is 5.97 Å². The van der Waals surface area contributed by atoms with E-state index in [1.807, 2.05) is 24.4 Å². The molecule has 3 aromatic rings. The summed E-state index contributed by atoms with van der Waals surface area (Å²) in [6.07, 6.45) is 3.49. The van der Waals surface area contributed by atoms with Gasteiger partial charge in [-0.05, 0) is 59.3 Å². The molecule has 0 amide bonds. The predicted molar refractivity (Wildman–Crippen MR) is 99.6 cm³/mol. The third kappa shape index (κ3) is 3.18. The minimum Gasteiger partial charge on any atom is -0.478 e. The first-order chi connectivity index (χ1) is 11.5. The number of carboxylic acid groups (broad SMARTS) is 1. The predicted octanol–water partition coefficient (Wildman–Crippen LogP) is 4.11. The molecule has 0 atom stereocenters. The van der Waals surface area contributed by atoms with E-state index >= 15 is 0 Å². The normalized spacial score (nSPS) is 11.4. The summed E-state index contributed by atoms with van der Waals surface area (Å²) in [5.74, 6) is -1.02. The molecule has 2 heterocycles. The Morgan fingerprint density at radius 1 is 1.38 bits per heavy atom. The molecule has 0 unspecified atom stereocenters. The van der Waals surface area contributed by atoms with Crippen molar-refractivity contribution in [2.45, 2.75) is 13.5 Å². The number of aromatic nitrogens is 2. The molecule has 1 N–H and O–H groups in total. The summed E-state index contributed by atoms with van der Waals surface area (Å²) in [5, 5.41) is 11.1. The van der Waals surface area contributed by atoms with E-state index in [9.17, 15) is 9.59 Å². The van der Waals surface area contributed by atoms with E-state index in [1.165, 1.54) is 12.1 Å². The van der Waals surface area contributed by atoms with Gasteiger partial charge in [-0.1, -0.05) is 0 Å². The Hall–Kier alpha value is -2.25. The van der Waals surface area contributed by atoms with Gasteiger partial charge in [-0.3, -0.25) is 4.79 Å². The standard InChI is InChI=1S/C17H13BrN2O3S/c1-2-20-15-6-3-10(17(22)23)7-14(15)19-13(16(20)21)5-4-12-8-11(18)9-24-12/h3-9H,2H2,1H3,(H,22,23)/b5-4+. The van der Waals surface area contributed by atoms with Crippen molar-refractivity contribution in [3.8, 4) is 0 Å². The first kappa shape index (κ1) is 16.6. The summed E-state index contributed by atoms with van der Waals surface area (Å²) in [6.45, 7) is 2.35. The molecule has 0 radical (unpaired) electrons. The van der Waals surface area contributed by atoms with Gasteiger partial charge in [0.25, 0.3) is 5.56 Å². The molecular formula is C17H13BrN2O3S. The number of nitrogens with zero attached hydrogens (tertiary/aromatic N) is 2. The Morgan fingerprint density at radius 2 is 2.17 bits per heavy atom. The van der Waals surface area contributed by atoms with Crippen molar-refractivity contribution >= 4 is 56.4 Å². The number of aryl methyl sites for hydroxylation is 1. The monoisotopic (exact) mass is 404 g/mol. The summed E-state index contributed by atoms with van der Waals surface area (Å²) in [4.78, 5) is 29.1. The van der Waals surface area contributed by atoms with Gasteiger partial charge < -0.3 is 9.67 Å². The van der Waals surface area contributed by atoms with Gasteiger partial charge in [0.05, 0.1) is 16.6 Å². The van der Waals surface area contributed by atoms with Gasteiger partial charge in [0.1, 0.15) is 5.69 Å². The summed E-state index contributed by atoms with van der Waals surface area (Å²) in [6, 6.07) is 6.54. The van der Waals surface area contributed by atoms with Crippen LogP contribution in [0.25, 0.3) is 23.2 Å². The molecule has 0 saturated carbocycles. The maximum absolute atomic E-state index is 12.6. The topological polar surface area (TPSA) is 72.2 Å². The van der Waals surface area contributed by atoms with Gasteiger partial charge in [-0.25, -0.2) is 9.78 Å². The molecule has 0 aliphatic carbocycles. The van der Waals surface area contributed by atoms with Gasteiger partial charge in [-0.2, -0.15) is 0 Å². The Bertz CT molecular complexity index is 1020. The van der Waals surface area contributed by atoms with E-state index in [0.29, 0.717) is 17.6 Å². The number of benzene rings is 1. The first-order valence-corrected chi connectivity index (χ1v) is 8.87. The second-order valence-electron chi connectivity index (χ2n) is 5.06. The van der Waals surface area contributed by atoms with E-state index in [4.69, 9.17) is 5.11 Å². The number of hydrogen-bond donors (Lipinski definition) is 1. The SMILES string of the molecule is CCn1c(=O)c(/C=C/c2cc(Br)cs2)nc2cc(C(=O)O)ccc21. The maximum Gasteiger partial charge on any atom is 0.335 e. The Balaban J connectivity index is 2.16. The van der Waals surface area contributed by atoms with Crippen molar-refractivity contribution in [1.29, 1.82) is 0 Å². The number of fused-ring (bicyclic) bond motifs is 1. The van der Waals surface area contributed by atoms with Crippen molar-refractivity contribution in [2.24, 2.45) is 0 Å².